The van der Waals surface area contributed by atoms with Gasteiger partial charge < -0.3 is 10.5 Å². The molecule has 0 amide bonds. The van der Waals surface area contributed by atoms with E-state index >= 15 is 0 Å². The lowest BCUT2D eigenvalue weighted by atomic mass is 10.2. The lowest BCUT2D eigenvalue weighted by molar-refractivity contribution is 0.326. The highest BCUT2D eigenvalue weighted by Crippen LogP contribution is 2.15. The predicted molar refractivity (Wildman–Crippen MR) is 68.1 cm³/mol. The van der Waals surface area contributed by atoms with E-state index in [1.54, 1.807) is 7.11 Å². The Labute approximate surface area is 103 Å². The molecule has 4 heteroatoms. The minimum atomic E-state index is 0. The molecule has 1 heterocycles. The summed E-state index contributed by atoms with van der Waals surface area (Å²) in [6, 6.07) is 8.60. The number of rotatable bonds is 3. The average molecular weight is 243 g/mol. The largest absolute Gasteiger partial charge is 0.497 e. The van der Waals surface area contributed by atoms with E-state index in [4.69, 9.17) is 10.5 Å². The molecule has 16 heavy (non-hydrogen) atoms. The molecule has 2 N–H and O–H groups in total. The third-order valence-electron chi connectivity index (χ3n) is 2.87. The van der Waals surface area contributed by atoms with Crippen molar-refractivity contribution < 1.29 is 4.74 Å². The van der Waals surface area contributed by atoms with Gasteiger partial charge in [-0.3, -0.25) is 4.90 Å². The van der Waals surface area contributed by atoms with E-state index in [0.29, 0.717) is 6.04 Å². The molecule has 0 bridgehead atoms. The number of halogens is 1. The molecule has 0 spiro atoms. The van der Waals surface area contributed by atoms with E-state index in [2.05, 4.69) is 17.0 Å². The second kappa shape index (κ2) is 6.09. The topological polar surface area (TPSA) is 38.5 Å². The Morgan fingerprint density at radius 1 is 1.38 bits per heavy atom. The third kappa shape index (κ3) is 3.37. The Bertz CT molecular complexity index is 315. The minimum absolute atomic E-state index is 0. The molecule has 90 valence electrons. The zero-order valence-corrected chi connectivity index (χ0v) is 10.4. The molecule has 0 saturated carbocycles. The van der Waals surface area contributed by atoms with E-state index in [1.165, 1.54) is 5.56 Å². The van der Waals surface area contributed by atoms with Crippen molar-refractivity contribution in [2.75, 3.05) is 20.2 Å². The monoisotopic (exact) mass is 242 g/mol. The summed E-state index contributed by atoms with van der Waals surface area (Å²) in [5.41, 5.74) is 7.19. The molecular formula is C12H19ClN2O. The van der Waals surface area contributed by atoms with Crippen molar-refractivity contribution in [1.29, 1.82) is 0 Å². The van der Waals surface area contributed by atoms with Crippen molar-refractivity contribution in [3.8, 4) is 5.75 Å². The van der Waals surface area contributed by atoms with Crippen molar-refractivity contribution >= 4 is 12.4 Å². The Kier molecular flexibility index (Phi) is 5.06. The van der Waals surface area contributed by atoms with Crippen molar-refractivity contribution in [1.82, 2.24) is 4.90 Å². The number of ether oxygens (including phenoxy) is 1. The second-order valence-corrected chi connectivity index (χ2v) is 4.13. The van der Waals surface area contributed by atoms with Gasteiger partial charge >= 0.3 is 0 Å². The van der Waals surface area contributed by atoms with Crippen molar-refractivity contribution in [3.05, 3.63) is 29.8 Å². The number of likely N-dealkylation sites (tertiary alicyclic amines) is 1. The highest BCUT2D eigenvalue weighted by atomic mass is 35.5. The van der Waals surface area contributed by atoms with Gasteiger partial charge in [0, 0.05) is 25.7 Å². The fourth-order valence-corrected chi connectivity index (χ4v) is 2.00. The molecule has 0 aromatic heterocycles. The van der Waals surface area contributed by atoms with E-state index in [9.17, 15) is 0 Å². The number of nitrogens with two attached hydrogens (primary N) is 1. The summed E-state index contributed by atoms with van der Waals surface area (Å²) in [6.45, 7) is 3.14. The van der Waals surface area contributed by atoms with Crippen molar-refractivity contribution in [3.63, 3.8) is 0 Å². The maximum Gasteiger partial charge on any atom is 0.118 e. The van der Waals surface area contributed by atoms with Crippen LogP contribution in [0.5, 0.6) is 5.75 Å². The number of hydrogen-bond donors (Lipinski definition) is 1. The van der Waals surface area contributed by atoms with Gasteiger partial charge in [0.25, 0.3) is 0 Å². The molecule has 1 saturated heterocycles. The van der Waals surface area contributed by atoms with Crippen LogP contribution in [0, 0.1) is 0 Å². The van der Waals surface area contributed by atoms with Gasteiger partial charge in [0.15, 0.2) is 0 Å². The van der Waals surface area contributed by atoms with Gasteiger partial charge in [-0.1, -0.05) is 12.1 Å². The van der Waals surface area contributed by atoms with Gasteiger partial charge in [-0.2, -0.15) is 0 Å². The van der Waals surface area contributed by atoms with Crippen LogP contribution in [0.25, 0.3) is 0 Å². The quantitative estimate of drug-likeness (QED) is 0.876. The highest BCUT2D eigenvalue weighted by Gasteiger charge is 2.18. The van der Waals surface area contributed by atoms with Crippen LogP contribution < -0.4 is 10.5 Å². The fraction of sp³-hybridized carbons (Fsp3) is 0.500. The van der Waals surface area contributed by atoms with Crippen LogP contribution >= 0.6 is 12.4 Å². The van der Waals surface area contributed by atoms with E-state index < -0.39 is 0 Å². The van der Waals surface area contributed by atoms with Gasteiger partial charge in [-0.25, -0.2) is 0 Å². The molecule has 0 radical (unpaired) electrons. The molecule has 1 aliphatic rings. The highest BCUT2D eigenvalue weighted by molar-refractivity contribution is 5.85. The van der Waals surface area contributed by atoms with Gasteiger partial charge in [0.2, 0.25) is 0 Å². The van der Waals surface area contributed by atoms with Crippen LogP contribution in [0.2, 0.25) is 0 Å². The first kappa shape index (κ1) is 13.3. The first-order valence-corrected chi connectivity index (χ1v) is 5.39. The number of nitrogens with zero attached hydrogens (tertiary/aromatic N) is 1. The second-order valence-electron chi connectivity index (χ2n) is 4.13. The predicted octanol–water partition coefficient (Wildman–Crippen LogP) is 1.65. The van der Waals surface area contributed by atoms with Crippen molar-refractivity contribution in [2.45, 2.75) is 19.0 Å². The van der Waals surface area contributed by atoms with E-state index in [0.717, 1.165) is 31.8 Å². The number of benzene rings is 1. The Hall–Kier alpha value is -0.770. The molecule has 1 aromatic rings. The Balaban J connectivity index is 0.00000128. The summed E-state index contributed by atoms with van der Waals surface area (Å²) in [6.07, 6.45) is 1.12. The molecule has 1 aromatic carbocycles. The SMILES string of the molecule is COc1ccc(CN2CC[C@@H](N)C2)cc1.Cl. The Morgan fingerprint density at radius 3 is 2.56 bits per heavy atom. The van der Waals surface area contributed by atoms with Gasteiger partial charge in [0.1, 0.15) is 5.75 Å². The average Bonchev–Trinajstić information content (AvgIpc) is 2.65. The molecular weight excluding hydrogens is 224 g/mol. The number of hydrogen-bond acceptors (Lipinski definition) is 3. The normalized spacial score (nSPS) is 20.5. The maximum atomic E-state index is 5.86. The molecule has 3 nitrogen and oxygen atoms in total. The van der Waals surface area contributed by atoms with Crippen LogP contribution in [0.1, 0.15) is 12.0 Å². The molecule has 1 fully saturated rings. The molecule has 0 unspecified atom stereocenters. The summed E-state index contributed by atoms with van der Waals surface area (Å²) in [5.74, 6) is 0.914. The van der Waals surface area contributed by atoms with Crippen LogP contribution in [-0.2, 0) is 6.54 Å². The number of methoxy groups -OCH3 is 1. The van der Waals surface area contributed by atoms with Crippen LogP contribution in [0.3, 0.4) is 0 Å². The first-order valence-electron chi connectivity index (χ1n) is 5.39. The smallest absolute Gasteiger partial charge is 0.118 e. The van der Waals surface area contributed by atoms with Gasteiger partial charge in [-0.15, -0.1) is 12.4 Å². The zero-order chi connectivity index (χ0) is 10.7. The minimum Gasteiger partial charge on any atom is -0.497 e. The van der Waals surface area contributed by atoms with Crippen LogP contribution in [0.4, 0.5) is 0 Å². The summed E-state index contributed by atoms with van der Waals surface area (Å²) >= 11 is 0. The van der Waals surface area contributed by atoms with E-state index in [1.807, 2.05) is 12.1 Å². The summed E-state index contributed by atoms with van der Waals surface area (Å²) in [7, 11) is 1.69. The molecule has 0 aliphatic carbocycles. The van der Waals surface area contributed by atoms with E-state index in [-0.39, 0.29) is 12.4 Å². The summed E-state index contributed by atoms with van der Waals surface area (Å²) < 4.78 is 5.12. The van der Waals surface area contributed by atoms with Gasteiger partial charge in [0.05, 0.1) is 7.11 Å². The first-order chi connectivity index (χ1) is 7.28. The van der Waals surface area contributed by atoms with Crippen molar-refractivity contribution in [2.24, 2.45) is 5.73 Å². The summed E-state index contributed by atoms with van der Waals surface area (Å²) in [4.78, 5) is 2.40. The molecule has 1 atom stereocenters. The van der Waals surface area contributed by atoms with Crippen LogP contribution in [0.15, 0.2) is 24.3 Å². The third-order valence-corrected chi connectivity index (χ3v) is 2.87. The van der Waals surface area contributed by atoms with Crippen LogP contribution in [-0.4, -0.2) is 31.1 Å². The molecule has 2 rings (SSSR count). The Morgan fingerprint density at radius 2 is 2.06 bits per heavy atom. The lowest BCUT2D eigenvalue weighted by Crippen LogP contribution is -2.26. The molecule has 1 aliphatic heterocycles. The summed E-state index contributed by atoms with van der Waals surface area (Å²) in [5, 5.41) is 0. The maximum absolute atomic E-state index is 5.86. The fourth-order valence-electron chi connectivity index (χ4n) is 2.00. The standard InChI is InChI=1S/C12H18N2O.ClH/c1-15-12-4-2-10(3-5-12)8-14-7-6-11(13)9-14;/h2-5,11H,6-9,13H2,1H3;1H/t11-;/m1./s1. The zero-order valence-electron chi connectivity index (χ0n) is 9.56. The van der Waals surface area contributed by atoms with Gasteiger partial charge in [-0.05, 0) is 24.1 Å². The lowest BCUT2D eigenvalue weighted by Gasteiger charge is -2.15.